The molecule has 5 heteroatoms. The van der Waals surface area contributed by atoms with Crippen molar-refractivity contribution in [1.29, 1.82) is 0 Å². The topological polar surface area (TPSA) is 69.2 Å². The fraction of sp³-hybridized carbons (Fsp3) is 0.200. The minimum absolute atomic E-state index is 0.239. The molecule has 0 bridgehead atoms. The van der Waals surface area contributed by atoms with Crippen LogP contribution in [0.4, 0.5) is 0 Å². The minimum atomic E-state index is -0.450. The lowest BCUT2D eigenvalue weighted by atomic mass is 9.98. The van der Waals surface area contributed by atoms with Crippen LogP contribution in [0.3, 0.4) is 0 Å². The number of carbonyl (C=O) groups is 1. The molecule has 1 aromatic heterocycles. The molecule has 0 saturated heterocycles. The van der Waals surface area contributed by atoms with Gasteiger partial charge in [-0.2, -0.15) is 5.10 Å². The number of nitrogens with zero attached hydrogens (tertiary/aromatic N) is 2. The van der Waals surface area contributed by atoms with Gasteiger partial charge in [-0.1, -0.05) is 54.6 Å². The zero-order chi connectivity index (χ0) is 17.2. The van der Waals surface area contributed by atoms with E-state index < -0.39 is 6.61 Å². The monoisotopic (exact) mass is 333 g/mol. The van der Waals surface area contributed by atoms with E-state index in [1.807, 2.05) is 18.2 Å². The first kappa shape index (κ1) is 15.6. The lowest BCUT2D eigenvalue weighted by Gasteiger charge is -2.26. The van der Waals surface area contributed by atoms with Crippen molar-refractivity contribution in [1.82, 2.24) is 15.1 Å². The van der Waals surface area contributed by atoms with Gasteiger partial charge < -0.3 is 10.0 Å². The molecular weight excluding hydrogens is 314 g/mol. The average Bonchev–Trinajstić information content (AvgIpc) is 3.11. The molecule has 2 N–H and O–H groups in total. The second kappa shape index (κ2) is 6.53. The summed E-state index contributed by atoms with van der Waals surface area (Å²) in [7, 11) is 0. The highest BCUT2D eigenvalue weighted by Crippen LogP contribution is 2.30. The van der Waals surface area contributed by atoms with Crippen molar-refractivity contribution >= 4 is 5.91 Å². The largest absolute Gasteiger partial charge is 0.387 e. The first-order valence-corrected chi connectivity index (χ1v) is 8.37. The molecule has 1 aliphatic rings. The van der Waals surface area contributed by atoms with Gasteiger partial charge in [-0.3, -0.25) is 9.89 Å². The molecule has 0 fully saturated rings. The van der Waals surface area contributed by atoms with E-state index in [0.29, 0.717) is 13.1 Å². The summed E-state index contributed by atoms with van der Waals surface area (Å²) < 4.78 is 0. The summed E-state index contributed by atoms with van der Waals surface area (Å²) in [5.41, 5.74) is 6.36. The van der Waals surface area contributed by atoms with E-state index in [4.69, 9.17) is 5.11 Å². The summed E-state index contributed by atoms with van der Waals surface area (Å²) in [6.45, 7) is 0.649. The number of fused-ring (bicyclic) bond motifs is 1. The number of H-pyrrole nitrogens is 1. The molecule has 25 heavy (non-hydrogen) atoms. The third-order valence-corrected chi connectivity index (χ3v) is 4.69. The molecule has 4 rings (SSSR count). The third-order valence-electron chi connectivity index (χ3n) is 4.69. The highest BCUT2D eigenvalue weighted by molar-refractivity contribution is 5.78. The first-order valence-electron chi connectivity index (χ1n) is 8.37. The highest BCUT2D eigenvalue weighted by Gasteiger charge is 2.25. The van der Waals surface area contributed by atoms with Gasteiger partial charge in [0.2, 0.25) is 5.91 Å². The first-order chi connectivity index (χ1) is 12.3. The van der Waals surface area contributed by atoms with E-state index in [9.17, 15) is 4.79 Å². The van der Waals surface area contributed by atoms with Crippen molar-refractivity contribution < 1.29 is 9.90 Å². The number of nitrogens with one attached hydrogen (secondary N) is 1. The Bertz CT molecular complexity index is 885. The molecule has 0 radical (unpaired) electrons. The van der Waals surface area contributed by atoms with Crippen molar-refractivity contribution in [3.63, 3.8) is 0 Å². The fourth-order valence-electron chi connectivity index (χ4n) is 3.30. The van der Waals surface area contributed by atoms with Gasteiger partial charge in [-0.15, -0.1) is 0 Å². The second-order valence-electron chi connectivity index (χ2n) is 6.20. The van der Waals surface area contributed by atoms with Crippen LogP contribution in [0.25, 0.3) is 22.4 Å². The fourth-order valence-corrected chi connectivity index (χ4v) is 3.30. The van der Waals surface area contributed by atoms with Gasteiger partial charge in [-0.25, -0.2) is 0 Å². The maximum Gasteiger partial charge on any atom is 0.248 e. The van der Waals surface area contributed by atoms with Crippen LogP contribution in [0, 0.1) is 0 Å². The van der Waals surface area contributed by atoms with Crippen LogP contribution in [0.2, 0.25) is 0 Å². The van der Waals surface area contributed by atoms with Crippen LogP contribution in [-0.2, 0) is 17.8 Å². The van der Waals surface area contributed by atoms with Gasteiger partial charge in [0.05, 0.1) is 5.69 Å². The molecule has 0 atom stereocenters. The van der Waals surface area contributed by atoms with Crippen molar-refractivity contribution in [2.45, 2.75) is 13.0 Å². The Balaban J connectivity index is 1.63. The summed E-state index contributed by atoms with van der Waals surface area (Å²) in [5, 5.41) is 16.7. The van der Waals surface area contributed by atoms with Crippen molar-refractivity contribution in [2.24, 2.45) is 0 Å². The van der Waals surface area contributed by atoms with Crippen LogP contribution < -0.4 is 0 Å². The maximum atomic E-state index is 11.8. The lowest BCUT2D eigenvalue weighted by Crippen LogP contribution is -2.37. The third kappa shape index (κ3) is 2.94. The Morgan fingerprint density at radius 1 is 1.04 bits per heavy atom. The molecule has 126 valence electrons. The second-order valence-corrected chi connectivity index (χ2v) is 6.20. The standard InChI is InChI=1S/C20H19N3O2/c24-13-19(25)23-11-10-18-17(12-23)20(22-21-18)16-8-6-15(7-9-16)14-4-2-1-3-5-14/h1-9,24H,10-13H2,(H,21,22). The van der Waals surface area contributed by atoms with E-state index in [1.165, 1.54) is 5.56 Å². The van der Waals surface area contributed by atoms with Gasteiger partial charge in [0.1, 0.15) is 6.61 Å². The Kier molecular flexibility index (Phi) is 4.07. The van der Waals surface area contributed by atoms with Crippen LogP contribution in [0.1, 0.15) is 11.3 Å². The number of hydrogen-bond acceptors (Lipinski definition) is 3. The molecular formula is C20H19N3O2. The SMILES string of the molecule is O=C(CO)N1CCc2[nH]nc(-c3ccc(-c4ccccc4)cc3)c2C1. The lowest BCUT2D eigenvalue weighted by molar-refractivity contribution is -0.135. The number of rotatable bonds is 3. The van der Waals surface area contributed by atoms with E-state index >= 15 is 0 Å². The van der Waals surface area contributed by atoms with E-state index in [1.54, 1.807) is 4.90 Å². The number of carbonyl (C=O) groups excluding carboxylic acids is 1. The molecule has 2 heterocycles. The Morgan fingerprint density at radius 3 is 2.44 bits per heavy atom. The quantitative estimate of drug-likeness (QED) is 0.774. The molecule has 0 unspecified atom stereocenters. The molecule has 1 amide bonds. The van der Waals surface area contributed by atoms with Crippen LogP contribution >= 0.6 is 0 Å². The van der Waals surface area contributed by atoms with Crippen LogP contribution in [0.15, 0.2) is 54.6 Å². The smallest absolute Gasteiger partial charge is 0.248 e. The summed E-state index contributed by atoms with van der Waals surface area (Å²) in [5.74, 6) is -0.239. The molecule has 0 aliphatic carbocycles. The number of benzene rings is 2. The van der Waals surface area contributed by atoms with Crippen molar-refractivity contribution in [2.75, 3.05) is 13.2 Å². The Morgan fingerprint density at radius 2 is 1.72 bits per heavy atom. The van der Waals surface area contributed by atoms with E-state index in [2.05, 4.69) is 46.6 Å². The van der Waals surface area contributed by atoms with Gasteiger partial charge in [-0.05, 0) is 11.1 Å². The number of amides is 1. The Hall–Kier alpha value is -2.92. The minimum Gasteiger partial charge on any atom is -0.387 e. The molecule has 3 aromatic rings. The number of aliphatic hydroxyl groups is 1. The van der Waals surface area contributed by atoms with Crippen LogP contribution in [0.5, 0.6) is 0 Å². The summed E-state index contributed by atoms with van der Waals surface area (Å²) in [6, 6.07) is 18.5. The van der Waals surface area contributed by atoms with Crippen molar-refractivity contribution in [3.05, 3.63) is 65.9 Å². The summed E-state index contributed by atoms with van der Waals surface area (Å²) in [6.07, 6.45) is 0.732. The number of aliphatic hydroxyl groups excluding tert-OH is 1. The molecule has 5 nitrogen and oxygen atoms in total. The van der Waals surface area contributed by atoms with E-state index in [-0.39, 0.29) is 5.91 Å². The van der Waals surface area contributed by atoms with Gasteiger partial charge in [0.25, 0.3) is 0 Å². The normalized spacial score (nSPS) is 13.6. The maximum absolute atomic E-state index is 11.8. The number of aromatic amines is 1. The zero-order valence-corrected chi connectivity index (χ0v) is 13.8. The molecule has 2 aromatic carbocycles. The van der Waals surface area contributed by atoms with Gasteiger partial charge >= 0.3 is 0 Å². The summed E-state index contributed by atoms with van der Waals surface area (Å²) in [4.78, 5) is 13.5. The highest BCUT2D eigenvalue weighted by atomic mass is 16.3. The molecule has 1 aliphatic heterocycles. The summed E-state index contributed by atoms with van der Waals surface area (Å²) >= 11 is 0. The Labute approximate surface area is 145 Å². The number of hydrogen-bond donors (Lipinski definition) is 2. The van der Waals surface area contributed by atoms with Crippen molar-refractivity contribution in [3.8, 4) is 22.4 Å². The van der Waals surface area contributed by atoms with Crippen LogP contribution in [-0.4, -0.2) is 39.3 Å². The number of aromatic nitrogens is 2. The zero-order valence-electron chi connectivity index (χ0n) is 13.8. The van der Waals surface area contributed by atoms with Gasteiger partial charge in [0.15, 0.2) is 0 Å². The molecule has 0 spiro atoms. The predicted octanol–water partition coefficient (Wildman–Crippen LogP) is 2.62. The molecule has 0 saturated carbocycles. The average molecular weight is 333 g/mol. The van der Waals surface area contributed by atoms with E-state index in [0.717, 1.165) is 34.5 Å². The van der Waals surface area contributed by atoms with Gasteiger partial charge in [0, 0.05) is 36.3 Å². The predicted molar refractivity (Wildman–Crippen MR) is 95.7 cm³/mol.